The summed E-state index contributed by atoms with van der Waals surface area (Å²) in [5, 5.41) is 0. The zero-order valence-corrected chi connectivity index (χ0v) is 16.0. The van der Waals surface area contributed by atoms with Crippen molar-refractivity contribution in [3.05, 3.63) is 65.5 Å². The second-order valence-electron chi connectivity index (χ2n) is 7.21. The van der Waals surface area contributed by atoms with Gasteiger partial charge in [-0.1, -0.05) is 12.1 Å². The molecular weight excluding hydrogens is 373 g/mol. The Bertz CT molecular complexity index is 930. The summed E-state index contributed by atoms with van der Waals surface area (Å²) < 4.78 is 24.0. The number of carbonyl (C=O) groups excluding carboxylic acids is 2. The molecule has 150 valence electrons. The number of Topliss-reactive ketones (excluding diaryl/α,β-unsaturated/α-hetero) is 1. The van der Waals surface area contributed by atoms with Crippen molar-refractivity contribution in [3.8, 4) is 11.5 Å². The van der Waals surface area contributed by atoms with Crippen LogP contribution in [0.5, 0.6) is 11.5 Å². The topological polar surface area (TPSA) is 55.8 Å². The fraction of sp³-hybridized carbons (Fsp3) is 0.304. The number of fused-ring (bicyclic) bond motifs is 1. The largest absolute Gasteiger partial charge is 0.486 e. The number of carbonyl (C=O) groups is 2. The van der Waals surface area contributed by atoms with E-state index in [0.29, 0.717) is 56.2 Å². The average Bonchev–Trinajstić information content (AvgIpc) is 2.78. The third kappa shape index (κ3) is 4.47. The molecule has 0 aromatic heterocycles. The molecule has 6 heteroatoms. The molecule has 1 amide bonds. The Hall–Kier alpha value is -3.15. The van der Waals surface area contributed by atoms with Crippen molar-refractivity contribution < 1.29 is 23.5 Å². The summed E-state index contributed by atoms with van der Waals surface area (Å²) in [6.07, 6.45) is 4.43. The lowest BCUT2D eigenvalue weighted by atomic mass is 9.88. The molecule has 0 atom stereocenters. The van der Waals surface area contributed by atoms with E-state index in [1.807, 2.05) is 0 Å². The molecule has 0 saturated carbocycles. The maximum Gasteiger partial charge on any atom is 0.246 e. The van der Waals surface area contributed by atoms with Crippen LogP contribution >= 0.6 is 0 Å². The number of hydrogen-bond acceptors (Lipinski definition) is 4. The van der Waals surface area contributed by atoms with E-state index in [9.17, 15) is 14.0 Å². The van der Waals surface area contributed by atoms with Crippen molar-refractivity contribution in [2.75, 3.05) is 26.3 Å². The highest BCUT2D eigenvalue weighted by Gasteiger charge is 2.28. The molecule has 0 N–H and O–H groups in total. The minimum atomic E-state index is -0.307. The van der Waals surface area contributed by atoms with E-state index >= 15 is 0 Å². The van der Waals surface area contributed by atoms with E-state index in [-0.39, 0.29) is 23.4 Å². The van der Waals surface area contributed by atoms with Crippen LogP contribution in [0.3, 0.4) is 0 Å². The highest BCUT2D eigenvalue weighted by atomic mass is 19.1. The molecule has 2 aromatic rings. The lowest BCUT2D eigenvalue weighted by Gasteiger charge is -2.30. The van der Waals surface area contributed by atoms with E-state index in [1.54, 1.807) is 41.3 Å². The normalized spacial score (nSPS) is 16.8. The first kappa shape index (κ1) is 19.2. The molecule has 2 aliphatic heterocycles. The van der Waals surface area contributed by atoms with Crippen LogP contribution in [0, 0.1) is 11.7 Å². The molecule has 0 unspecified atom stereocenters. The molecule has 4 rings (SSSR count). The Kier molecular flexibility index (Phi) is 5.60. The minimum absolute atomic E-state index is 0.0796. The van der Waals surface area contributed by atoms with Crippen LogP contribution in [-0.2, 0) is 4.79 Å². The van der Waals surface area contributed by atoms with Gasteiger partial charge in [0.2, 0.25) is 5.91 Å². The van der Waals surface area contributed by atoms with Crippen LogP contribution in [0.2, 0.25) is 0 Å². The van der Waals surface area contributed by atoms with Crippen molar-refractivity contribution in [2.24, 2.45) is 5.92 Å². The predicted octanol–water partition coefficient (Wildman–Crippen LogP) is 3.73. The number of hydrogen-bond donors (Lipinski definition) is 0. The van der Waals surface area contributed by atoms with Gasteiger partial charge in [0.25, 0.3) is 0 Å². The number of ketones is 1. The smallest absolute Gasteiger partial charge is 0.246 e. The minimum Gasteiger partial charge on any atom is -0.486 e. The third-order valence-electron chi connectivity index (χ3n) is 5.29. The highest BCUT2D eigenvalue weighted by molar-refractivity contribution is 5.99. The number of ether oxygens (including phenoxy) is 2. The first-order valence-corrected chi connectivity index (χ1v) is 9.76. The fourth-order valence-electron chi connectivity index (χ4n) is 3.64. The summed E-state index contributed by atoms with van der Waals surface area (Å²) in [6, 6.07) is 11.3. The number of rotatable bonds is 4. The number of nitrogens with zero attached hydrogens (tertiary/aromatic N) is 1. The van der Waals surface area contributed by atoms with Crippen molar-refractivity contribution in [1.82, 2.24) is 4.90 Å². The molecule has 0 bridgehead atoms. The van der Waals surface area contributed by atoms with Gasteiger partial charge in [0.1, 0.15) is 19.0 Å². The Morgan fingerprint density at radius 3 is 2.38 bits per heavy atom. The first-order chi connectivity index (χ1) is 14.1. The van der Waals surface area contributed by atoms with Crippen molar-refractivity contribution >= 4 is 17.8 Å². The summed E-state index contributed by atoms with van der Waals surface area (Å²) in [4.78, 5) is 27.0. The molecule has 2 aliphatic rings. The van der Waals surface area contributed by atoms with Crippen LogP contribution in [0.15, 0.2) is 48.5 Å². The highest BCUT2D eigenvalue weighted by Crippen LogP contribution is 2.32. The lowest BCUT2D eigenvalue weighted by Crippen LogP contribution is -2.39. The van der Waals surface area contributed by atoms with Crippen molar-refractivity contribution in [1.29, 1.82) is 0 Å². The van der Waals surface area contributed by atoms with Crippen LogP contribution in [-0.4, -0.2) is 42.9 Å². The molecule has 29 heavy (non-hydrogen) atoms. The van der Waals surface area contributed by atoms with E-state index in [2.05, 4.69) is 0 Å². The van der Waals surface area contributed by atoms with E-state index < -0.39 is 0 Å². The molecular formula is C23H22FNO4. The van der Waals surface area contributed by atoms with E-state index in [0.717, 1.165) is 5.56 Å². The zero-order chi connectivity index (χ0) is 20.2. The Morgan fingerprint density at radius 2 is 1.66 bits per heavy atom. The quantitative estimate of drug-likeness (QED) is 0.585. The summed E-state index contributed by atoms with van der Waals surface area (Å²) in [6.45, 7) is 2.07. The van der Waals surface area contributed by atoms with Crippen LogP contribution < -0.4 is 9.47 Å². The van der Waals surface area contributed by atoms with Gasteiger partial charge in [-0.25, -0.2) is 4.39 Å². The molecule has 0 spiro atoms. The van der Waals surface area contributed by atoms with Gasteiger partial charge in [0, 0.05) is 30.6 Å². The maximum absolute atomic E-state index is 12.9. The zero-order valence-electron chi connectivity index (χ0n) is 16.0. The van der Waals surface area contributed by atoms with Crippen molar-refractivity contribution in [3.63, 3.8) is 0 Å². The molecule has 1 fully saturated rings. The van der Waals surface area contributed by atoms with Gasteiger partial charge in [-0.3, -0.25) is 9.59 Å². The van der Waals surface area contributed by atoms with Gasteiger partial charge < -0.3 is 14.4 Å². The maximum atomic E-state index is 12.9. The van der Waals surface area contributed by atoms with Crippen molar-refractivity contribution in [2.45, 2.75) is 12.8 Å². The third-order valence-corrected chi connectivity index (χ3v) is 5.29. The average molecular weight is 395 g/mol. The Morgan fingerprint density at radius 1 is 0.966 bits per heavy atom. The number of halogens is 1. The first-order valence-electron chi connectivity index (χ1n) is 9.76. The molecule has 5 nitrogen and oxygen atoms in total. The van der Waals surface area contributed by atoms with Crippen LogP contribution in [0.1, 0.15) is 28.8 Å². The van der Waals surface area contributed by atoms with E-state index in [1.165, 1.54) is 18.2 Å². The number of piperidine rings is 1. The predicted molar refractivity (Wildman–Crippen MR) is 107 cm³/mol. The summed E-state index contributed by atoms with van der Waals surface area (Å²) >= 11 is 0. The molecule has 1 saturated heterocycles. The Labute approximate surface area is 168 Å². The van der Waals surface area contributed by atoms with Crippen LogP contribution in [0.4, 0.5) is 4.39 Å². The van der Waals surface area contributed by atoms with Gasteiger partial charge in [0.15, 0.2) is 17.3 Å². The molecule has 0 radical (unpaired) electrons. The van der Waals surface area contributed by atoms with Gasteiger partial charge in [-0.2, -0.15) is 0 Å². The second kappa shape index (κ2) is 8.47. The number of amides is 1. The monoisotopic (exact) mass is 395 g/mol. The molecule has 0 aliphatic carbocycles. The summed E-state index contributed by atoms with van der Waals surface area (Å²) in [5.74, 6) is 0.846. The molecule has 2 aromatic carbocycles. The van der Waals surface area contributed by atoms with E-state index in [4.69, 9.17) is 9.47 Å². The van der Waals surface area contributed by atoms with Gasteiger partial charge in [-0.15, -0.1) is 0 Å². The summed E-state index contributed by atoms with van der Waals surface area (Å²) in [5.41, 5.74) is 1.39. The van der Waals surface area contributed by atoms with Gasteiger partial charge in [-0.05, 0) is 54.8 Å². The second-order valence-corrected chi connectivity index (χ2v) is 7.21. The Balaban J connectivity index is 1.33. The molecule has 2 heterocycles. The number of benzene rings is 2. The van der Waals surface area contributed by atoms with Gasteiger partial charge in [0.05, 0.1) is 0 Å². The number of likely N-dealkylation sites (tertiary alicyclic amines) is 1. The standard InChI is InChI=1S/C23H22FNO4/c24-19-5-1-16(2-6-19)3-8-22(26)25-11-9-17(10-12-25)23(27)18-4-7-20-21(15-18)29-14-13-28-20/h1-8,15,17H,9-14H2/b8-3+. The SMILES string of the molecule is O=C(c1ccc2c(c1)OCCO2)C1CCN(C(=O)/C=C/c2ccc(F)cc2)CC1. The fourth-order valence-corrected chi connectivity index (χ4v) is 3.64. The van der Waals surface area contributed by atoms with Crippen LogP contribution in [0.25, 0.3) is 6.08 Å². The summed E-state index contributed by atoms with van der Waals surface area (Å²) in [7, 11) is 0. The van der Waals surface area contributed by atoms with Gasteiger partial charge >= 0.3 is 0 Å². The lowest BCUT2D eigenvalue weighted by molar-refractivity contribution is -0.127.